The van der Waals surface area contributed by atoms with Gasteiger partial charge in [-0.2, -0.15) is 0 Å². The largest absolute Gasteiger partial charge is 0.350 e. The van der Waals surface area contributed by atoms with E-state index in [-0.39, 0.29) is 11.9 Å². The summed E-state index contributed by atoms with van der Waals surface area (Å²) in [6.45, 7) is 11.8. The Kier molecular flexibility index (Phi) is 6.72. The number of carbonyl (C=O) groups excluding carboxylic acids is 1. The number of rotatable bonds is 7. The fourth-order valence-electron chi connectivity index (χ4n) is 1.69. The highest BCUT2D eigenvalue weighted by Crippen LogP contribution is 2.07. The quantitative estimate of drug-likeness (QED) is 0.703. The van der Waals surface area contributed by atoms with Crippen molar-refractivity contribution in [2.45, 2.75) is 46.2 Å². The Hall–Kier alpha value is -0.610. The normalized spacial score (nSPS) is 14.2. The lowest BCUT2D eigenvalue weighted by Gasteiger charge is -2.31. The van der Waals surface area contributed by atoms with E-state index in [1.54, 1.807) is 0 Å². The van der Waals surface area contributed by atoms with Crippen molar-refractivity contribution < 1.29 is 4.79 Å². The van der Waals surface area contributed by atoms with Crippen molar-refractivity contribution in [2.75, 3.05) is 27.2 Å². The molecular weight excluding hydrogens is 214 g/mol. The monoisotopic (exact) mass is 243 g/mol. The lowest BCUT2D eigenvalue weighted by molar-refractivity contribution is -0.127. The molecule has 0 aliphatic heterocycles. The number of hydrogen-bond acceptors (Lipinski definition) is 3. The Bertz CT molecular complexity index is 237. The second kappa shape index (κ2) is 6.97. The first kappa shape index (κ1) is 16.4. The van der Waals surface area contributed by atoms with Crippen LogP contribution >= 0.6 is 0 Å². The van der Waals surface area contributed by atoms with E-state index >= 15 is 0 Å². The van der Waals surface area contributed by atoms with Crippen molar-refractivity contribution in [3.8, 4) is 0 Å². The smallest absolute Gasteiger partial charge is 0.239 e. The van der Waals surface area contributed by atoms with Crippen molar-refractivity contribution in [1.82, 2.24) is 15.5 Å². The summed E-state index contributed by atoms with van der Waals surface area (Å²) in [5.41, 5.74) is -0.506. The molecule has 0 aromatic heterocycles. The van der Waals surface area contributed by atoms with Gasteiger partial charge in [0.05, 0.1) is 5.54 Å². The molecule has 0 aliphatic carbocycles. The maximum atomic E-state index is 12.2. The number of hydrogen-bond donors (Lipinski definition) is 2. The van der Waals surface area contributed by atoms with Crippen LogP contribution < -0.4 is 10.6 Å². The zero-order valence-electron chi connectivity index (χ0n) is 12.4. The highest BCUT2D eigenvalue weighted by molar-refractivity contribution is 5.85. The van der Waals surface area contributed by atoms with E-state index in [0.717, 1.165) is 13.1 Å². The fraction of sp³-hybridized carbons (Fsp3) is 0.923. The molecule has 0 aliphatic rings. The van der Waals surface area contributed by atoms with Crippen LogP contribution in [0.4, 0.5) is 0 Å². The van der Waals surface area contributed by atoms with Crippen molar-refractivity contribution in [1.29, 1.82) is 0 Å². The molecule has 0 radical (unpaired) electrons. The zero-order chi connectivity index (χ0) is 13.6. The Morgan fingerprint density at radius 1 is 1.29 bits per heavy atom. The van der Waals surface area contributed by atoms with Crippen LogP contribution in [0.1, 0.15) is 34.6 Å². The predicted octanol–water partition coefficient (Wildman–Crippen LogP) is 1.08. The van der Waals surface area contributed by atoms with Gasteiger partial charge in [0.15, 0.2) is 0 Å². The minimum absolute atomic E-state index is 0.0694. The third kappa shape index (κ3) is 6.03. The standard InChI is InChI=1S/C13H29N3O/c1-8-14-13(4,5)12(17)15-11(10(2)3)9-16(6)7/h10-11,14H,8-9H2,1-7H3,(H,15,17). The lowest BCUT2D eigenvalue weighted by Crippen LogP contribution is -2.57. The van der Waals surface area contributed by atoms with Crippen molar-refractivity contribution >= 4 is 5.91 Å². The fourth-order valence-corrected chi connectivity index (χ4v) is 1.69. The molecule has 4 nitrogen and oxygen atoms in total. The first-order valence-electron chi connectivity index (χ1n) is 6.41. The average Bonchev–Trinajstić information content (AvgIpc) is 2.15. The van der Waals surface area contributed by atoms with Crippen LogP contribution in [0.2, 0.25) is 0 Å². The highest BCUT2D eigenvalue weighted by atomic mass is 16.2. The SMILES string of the molecule is CCNC(C)(C)C(=O)NC(CN(C)C)C(C)C. The van der Waals surface area contributed by atoms with E-state index in [4.69, 9.17) is 0 Å². The Labute approximate surface area is 106 Å². The Balaban J connectivity index is 4.50. The van der Waals surface area contributed by atoms with Gasteiger partial charge in [-0.15, -0.1) is 0 Å². The van der Waals surface area contributed by atoms with Gasteiger partial charge >= 0.3 is 0 Å². The van der Waals surface area contributed by atoms with Crippen LogP contribution in [0.5, 0.6) is 0 Å². The van der Waals surface area contributed by atoms with E-state index in [2.05, 4.69) is 29.4 Å². The zero-order valence-corrected chi connectivity index (χ0v) is 12.4. The van der Waals surface area contributed by atoms with Gasteiger partial charge in [-0.25, -0.2) is 0 Å². The predicted molar refractivity (Wildman–Crippen MR) is 73.1 cm³/mol. The minimum Gasteiger partial charge on any atom is -0.350 e. The molecule has 17 heavy (non-hydrogen) atoms. The summed E-state index contributed by atoms with van der Waals surface area (Å²) >= 11 is 0. The second-order valence-corrected chi connectivity index (χ2v) is 5.74. The van der Waals surface area contributed by atoms with Gasteiger partial charge in [-0.3, -0.25) is 4.79 Å². The number of nitrogens with zero attached hydrogens (tertiary/aromatic N) is 1. The summed E-state index contributed by atoms with van der Waals surface area (Å²) in [6, 6.07) is 0.190. The molecule has 0 fully saturated rings. The van der Waals surface area contributed by atoms with Gasteiger partial charge in [0.2, 0.25) is 5.91 Å². The summed E-state index contributed by atoms with van der Waals surface area (Å²) in [6.07, 6.45) is 0. The Morgan fingerprint density at radius 2 is 1.82 bits per heavy atom. The molecule has 102 valence electrons. The number of amides is 1. The van der Waals surface area contributed by atoms with Crippen LogP contribution in [0, 0.1) is 5.92 Å². The van der Waals surface area contributed by atoms with Crippen LogP contribution in [-0.4, -0.2) is 49.6 Å². The highest BCUT2D eigenvalue weighted by Gasteiger charge is 2.29. The maximum Gasteiger partial charge on any atom is 0.239 e. The molecule has 0 bridgehead atoms. The number of nitrogens with one attached hydrogen (secondary N) is 2. The first-order chi connectivity index (χ1) is 7.70. The van der Waals surface area contributed by atoms with E-state index in [9.17, 15) is 4.79 Å². The molecule has 0 aromatic rings. The van der Waals surface area contributed by atoms with E-state index < -0.39 is 5.54 Å². The molecule has 0 saturated heterocycles. The summed E-state index contributed by atoms with van der Waals surface area (Å²) in [4.78, 5) is 14.3. The summed E-state index contributed by atoms with van der Waals surface area (Å²) in [5, 5.41) is 6.32. The second-order valence-electron chi connectivity index (χ2n) is 5.74. The van der Waals surface area contributed by atoms with E-state index in [1.807, 2.05) is 34.9 Å². The van der Waals surface area contributed by atoms with E-state index in [1.165, 1.54) is 0 Å². The van der Waals surface area contributed by atoms with Crippen LogP contribution in [0.3, 0.4) is 0 Å². The van der Waals surface area contributed by atoms with Crippen LogP contribution in [-0.2, 0) is 4.79 Å². The third-order valence-electron chi connectivity index (χ3n) is 2.87. The van der Waals surface area contributed by atoms with Crippen molar-refractivity contribution in [3.63, 3.8) is 0 Å². The molecule has 2 N–H and O–H groups in total. The molecule has 1 unspecified atom stereocenters. The number of likely N-dealkylation sites (N-methyl/N-ethyl adjacent to an activating group) is 2. The first-order valence-corrected chi connectivity index (χ1v) is 6.41. The van der Waals surface area contributed by atoms with Crippen LogP contribution in [0.25, 0.3) is 0 Å². The molecule has 1 atom stereocenters. The minimum atomic E-state index is -0.506. The molecule has 0 saturated carbocycles. The van der Waals surface area contributed by atoms with Gasteiger partial charge in [-0.1, -0.05) is 20.8 Å². The molecule has 1 amide bonds. The van der Waals surface area contributed by atoms with Gasteiger partial charge in [0.1, 0.15) is 0 Å². The van der Waals surface area contributed by atoms with Crippen LogP contribution in [0.15, 0.2) is 0 Å². The number of carbonyl (C=O) groups is 1. The molecule has 0 rings (SSSR count). The van der Waals surface area contributed by atoms with Gasteiger partial charge in [0, 0.05) is 12.6 Å². The third-order valence-corrected chi connectivity index (χ3v) is 2.87. The molecule has 4 heteroatoms. The van der Waals surface area contributed by atoms with Gasteiger partial charge in [-0.05, 0) is 40.4 Å². The molecular formula is C13H29N3O. The maximum absolute atomic E-state index is 12.2. The average molecular weight is 243 g/mol. The molecule has 0 heterocycles. The van der Waals surface area contributed by atoms with Crippen molar-refractivity contribution in [3.05, 3.63) is 0 Å². The van der Waals surface area contributed by atoms with Crippen molar-refractivity contribution in [2.24, 2.45) is 5.92 Å². The topological polar surface area (TPSA) is 44.4 Å². The summed E-state index contributed by atoms with van der Waals surface area (Å²) < 4.78 is 0. The van der Waals surface area contributed by atoms with Gasteiger partial charge in [0.25, 0.3) is 0 Å². The van der Waals surface area contributed by atoms with E-state index in [0.29, 0.717) is 5.92 Å². The molecule has 0 aromatic carbocycles. The molecule has 0 spiro atoms. The lowest BCUT2D eigenvalue weighted by atomic mass is 10.00. The Morgan fingerprint density at radius 3 is 2.18 bits per heavy atom. The summed E-state index contributed by atoms with van der Waals surface area (Å²) in [7, 11) is 4.05. The summed E-state index contributed by atoms with van der Waals surface area (Å²) in [5.74, 6) is 0.499. The van der Waals surface area contributed by atoms with Gasteiger partial charge < -0.3 is 15.5 Å².